The highest BCUT2D eigenvalue weighted by Gasteiger charge is 2.22. The quantitative estimate of drug-likeness (QED) is 0.728. The van der Waals surface area contributed by atoms with Crippen LogP contribution in [0.1, 0.15) is 56.3 Å². The molecular weight excluding hydrogens is 272 g/mol. The van der Waals surface area contributed by atoms with Crippen molar-refractivity contribution < 1.29 is 4.74 Å². The molecule has 1 fully saturated rings. The summed E-state index contributed by atoms with van der Waals surface area (Å²) in [4.78, 5) is 9.03. The molecule has 0 aliphatic heterocycles. The highest BCUT2D eigenvalue weighted by Crippen LogP contribution is 2.34. The van der Waals surface area contributed by atoms with E-state index in [1.807, 2.05) is 12.4 Å². The largest absolute Gasteiger partial charge is 0.377 e. The first-order valence-corrected chi connectivity index (χ1v) is 7.92. The SMILES string of the molecule is CCCOCc1cnc(C2CCC(C=CCl)CC2)nc1. The third-order valence-corrected chi connectivity index (χ3v) is 3.97. The van der Waals surface area contributed by atoms with E-state index in [1.54, 1.807) is 5.54 Å². The molecule has 0 saturated heterocycles. The minimum Gasteiger partial charge on any atom is -0.377 e. The molecule has 2 rings (SSSR count). The maximum atomic E-state index is 5.64. The lowest BCUT2D eigenvalue weighted by Crippen LogP contribution is -2.14. The number of ether oxygens (including phenoxy) is 1. The van der Waals surface area contributed by atoms with Gasteiger partial charge in [-0.2, -0.15) is 0 Å². The maximum absolute atomic E-state index is 5.64. The Labute approximate surface area is 126 Å². The Morgan fingerprint density at radius 2 is 1.95 bits per heavy atom. The van der Waals surface area contributed by atoms with Gasteiger partial charge >= 0.3 is 0 Å². The van der Waals surface area contributed by atoms with Crippen LogP contribution >= 0.6 is 11.6 Å². The van der Waals surface area contributed by atoms with Crippen molar-refractivity contribution in [2.24, 2.45) is 5.92 Å². The number of aromatic nitrogens is 2. The van der Waals surface area contributed by atoms with Crippen LogP contribution in [0, 0.1) is 5.92 Å². The van der Waals surface area contributed by atoms with Crippen molar-refractivity contribution in [1.82, 2.24) is 9.97 Å². The van der Waals surface area contributed by atoms with Crippen LogP contribution in [-0.4, -0.2) is 16.6 Å². The number of allylic oxidation sites excluding steroid dienone is 1. The maximum Gasteiger partial charge on any atom is 0.131 e. The highest BCUT2D eigenvalue weighted by molar-refractivity contribution is 6.25. The Balaban J connectivity index is 1.84. The van der Waals surface area contributed by atoms with Crippen LogP contribution < -0.4 is 0 Å². The van der Waals surface area contributed by atoms with E-state index >= 15 is 0 Å². The average molecular weight is 295 g/mol. The summed E-state index contributed by atoms with van der Waals surface area (Å²) < 4.78 is 5.50. The van der Waals surface area contributed by atoms with Crippen LogP contribution in [0.3, 0.4) is 0 Å². The summed E-state index contributed by atoms with van der Waals surface area (Å²) in [6.45, 7) is 3.51. The van der Waals surface area contributed by atoms with E-state index in [-0.39, 0.29) is 0 Å². The molecule has 3 nitrogen and oxygen atoms in total. The summed E-state index contributed by atoms with van der Waals surface area (Å²) in [5.74, 6) is 2.11. The van der Waals surface area contributed by atoms with E-state index in [9.17, 15) is 0 Å². The van der Waals surface area contributed by atoms with Gasteiger partial charge in [0.1, 0.15) is 5.82 Å². The molecule has 1 aliphatic carbocycles. The van der Waals surface area contributed by atoms with E-state index < -0.39 is 0 Å². The molecule has 0 bridgehead atoms. The summed E-state index contributed by atoms with van der Waals surface area (Å²) in [6, 6.07) is 0. The Hall–Kier alpha value is -0.930. The zero-order valence-electron chi connectivity index (χ0n) is 12.1. The molecule has 110 valence electrons. The standard InChI is InChI=1S/C16H23ClN2O/c1-2-9-20-12-14-10-18-16(19-11-14)15-5-3-13(4-6-15)7-8-17/h7-8,10-11,13,15H,2-6,9,12H2,1H3. The van der Waals surface area contributed by atoms with Gasteiger partial charge in [-0.3, -0.25) is 0 Å². The summed E-state index contributed by atoms with van der Waals surface area (Å²) in [5, 5.41) is 0. The number of hydrogen-bond acceptors (Lipinski definition) is 3. The van der Waals surface area contributed by atoms with Crippen molar-refractivity contribution in [2.45, 2.75) is 51.6 Å². The van der Waals surface area contributed by atoms with Gasteiger partial charge < -0.3 is 4.74 Å². The lowest BCUT2D eigenvalue weighted by atomic mass is 9.82. The molecule has 1 aromatic heterocycles. The van der Waals surface area contributed by atoms with Gasteiger partial charge in [0.05, 0.1) is 6.61 Å². The molecule has 1 heterocycles. The molecule has 4 heteroatoms. The molecule has 0 spiro atoms. The predicted octanol–water partition coefficient (Wildman–Crippen LogP) is 4.43. The molecule has 1 saturated carbocycles. The summed E-state index contributed by atoms with van der Waals surface area (Å²) >= 11 is 5.64. The Morgan fingerprint density at radius 3 is 2.55 bits per heavy atom. The van der Waals surface area contributed by atoms with E-state index in [1.165, 1.54) is 12.8 Å². The zero-order valence-corrected chi connectivity index (χ0v) is 12.9. The third-order valence-electron chi connectivity index (χ3n) is 3.82. The average Bonchev–Trinajstić information content (AvgIpc) is 2.49. The summed E-state index contributed by atoms with van der Waals surface area (Å²) in [7, 11) is 0. The Bertz CT molecular complexity index is 411. The molecule has 0 atom stereocenters. The number of rotatable bonds is 6. The predicted molar refractivity (Wildman–Crippen MR) is 81.7 cm³/mol. The van der Waals surface area contributed by atoms with E-state index in [2.05, 4.69) is 23.0 Å². The van der Waals surface area contributed by atoms with Gasteiger partial charge in [-0.25, -0.2) is 9.97 Å². The first-order valence-electron chi connectivity index (χ1n) is 7.49. The number of halogens is 1. The molecule has 0 amide bonds. The highest BCUT2D eigenvalue weighted by atomic mass is 35.5. The van der Waals surface area contributed by atoms with Gasteiger partial charge in [0.2, 0.25) is 0 Å². The van der Waals surface area contributed by atoms with Crippen molar-refractivity contribution in [3.63, 3.8) is 0 Å². The van der Waals surface area contributed by atoms with Crippen molar-refractivity contribution in [3.8, 4) is 0 Å². The second kappa shape index (κ2) is 8.38. The van der Waals surface area contributed by atoms with E-state index in [0.717, 1.165) is 37.3 Å². The summed E-state index contributed by atoms with van der Waals surface area (Å²) in [6.07, 6.45) is 11.6. The molecule has 0 radical (unpaired) electrons. The van der Waals surface area contributed by atoms with Gasteiger partial charge in [-0.15, -0.1) is 0 Å². The first kappa shape index (κ1) is 15.5. The van der Waals surface area contributed by atoms with Gasteiger partial charge in [-0.1, -0.05) is 24.6 Å². The topological polar surface area (TPSA) is 35.0 Å². The minimum atomic E-state index is 0.501. The van der Waals surface area contributed by atoms with Crippen LogP contribution in [0.25, 0.3) is 0 Å². The van der Waals surface area contributed by atoms with E-state index in [4.69, 9.17) is 16.3 Å². The molecule has 1 aliphatic rings. The van der Waals surface area contributed by atoms with Crippen LogP contribution in [-0.2, 0) is 11.3 Å². The van der Waals surface area contributed by atoms with Crippen LogP contribution in [0.5, 0.6) is 0 Å². The number of hydrogen-bond donors (Lipinski definition) is 0. The molecule has 1 aromatic rings. The van der Waals surface area contributed by atoms with E-state index in [0.29, 0.717) is 18.4 Å². The van der Waals surface area contributed by atoms with Gasteiger partial charge in [-0.05, 0) is 38.0 Å². The molecule has 20 heavy (non-hydrogen) atoms. The van der Waals surface area contributed by atoms with Crippen molar-refractivity contribution in [1.29, 1.82) is 0 Å². The fourth-order valence-corrected chi connectivity index (χ4v) is 2.86. The van der Waals surface area contributed by atoms with Gasteiger partial charge in [0.25, 0.3) is 0 Å². The third kappa shape index (κ3) is 4.57. The van der Waals surface area contributed by atoms with Gasteiger partial charge in [0.15, 0.2) is 0 Å². The van der Waals surface area contributed by atoms with Crippen molar-refractivity contribution >= 4 is 11.6 Å². The molecule has 0 unspecified atom stereocenters. The normalized spacial score (nSPS) is 23.3. The van der Waals surface area contributed by atoms with Crippen LogP contribution in [0.15, 0.2) is 24.0 Å². The lowest BCUT2D eigenvalue weighted by molar-refractivity contribution is 0.121. The number of nitrogens with zero attached hydrogens (tertiary/aromatic N) is 2. The van der Waals surface area contributed by atoms with Crippen molar-refractivity contribution in [2.75, 3.05) is 6.61 Å². The van der Waals surface area contributed by atoms with Crippen LogP contribution in [0.4, 0.5) is 0 Å². The lowest BCUT2D eigenvalue weighted by Gasteiger charge is -2.25. The molecule has 0 N–H and O–H groups in total. The fourth-order valence-electron chi connectivity index (χ4n) is 2.66. The van der Waals surface area contributed by atoms with Gasteiger partial charge in [0, 0.05) is 36.0 Å². The zero-order chi connectivity index (χ0) is 14.2. The monoisotopic (exact) mass is 294 g/mol. The Morgan fingerprint density at radius 1 is 1.25 bits per heavy atom. The molecule has 0 aromatic carbocycles. The van der Waals surface area contributed by atoms with Crippen LogP contribution in [0.2, 0.25) is 0 Å². The second-order valence-corrected chi connectivity index (χ2v) is 5.68. The Kier molecular flexibility index (Phi) is 6.48. The van der Waals surface area contributed by atoms with Crippen molar-refractivity contribution in [3.05, 3.63) is 35.4 Å². The first-order chi connectivity index (χ1) is 9.83. The minimum absolute atomic E-state index is 0.501. The smallest absolute Gasteiger partial charge is 0.131 e. The molecular formula is C16H23ClN2O. The fraction of sp³-hybridized carbons (Fsp3) is 0.625. The summed E-state index contributed by atoms with van der Waals surface area (Å²) in [5.41, 5.74) is 2.70. The second-order valence-electron chi connectivity index (χ2n) is 5.43.